The number of carbonyl (C=O) groups is 1. The minimum absolute atomic E-state index is 0.0920. The Hall–Kier alpha value is -0.760. The Bertz CT molecular complexity index is 828. The summed E-state index contributed by atoms with van der Waals surface area (Å²) in [4.78, 5) is 22.4. The molecule has 0 saturated carbocycles. The summed E-state index contributed by atoms with van der Waals surface area (Å²) in [5, 5.41) is 0. The summed E-state index contributed by atoms with van der Waals surface area (Å²) < 4.78 is 33.3. The van der Waals surface area contributed by atoms with Crippen LogP contribution in [0.4, 0.5) is 0 Å². The number of phosphoric acid groups is 1. The monoisotopic (exact) mass is 774 g/mol. The van der Waals surface area contributed by atoms with Gasteiger partial charge < -0.3 is 20.1 Å². The zero-order chi connectivity index (χ0) is 38.8. The predicted octanol–water partition coefficient (Wildman–Crippen LogP) is 13.5. The summed E-state index contributed by atoms with van der Waals surface area (Å²) in [6, 6.07) is 0. The maximum atomic E-state index is 12.6. The summed E-state index contributed by atoms with van der Waals surface area (Å²) in [6.07, 6.45) is 45.3. The van der Waals surface area contributed by atoms with Gasteiger partial charge in [0.2, 0.25) is 0 Å². The highest BCUT2D eigenvalue weighted by Gasteiger charge is 2.25. The van der Waals surface area contributed by atoms with Gasteiger partial charge in [-0.2, -0.15) is 0 Å². The molecule has 0 rings (SSSR count). The molecule has 0 aromatic heterocycles. The Morgan fingerprint density at radius 2 is 0.943 bits per heavy atom. The molecule has 0 aromatic carbocycles. The molecule has 2 atom stereocenters. The van der Waals surface area contributed by atoms with Crippen LogP contribution in [0.3, 0.4) is 0 Å². The number of unbranched alkanes of at least 4 members (excludes halogenated alkanes) is 29. The van der Waals surface area contributed by atoms with E-state index in [0.717, 1.165) is 32.1 Å². The van der Waals surface area contributed by atoms with Crippen molar-refractivity contribution in [1.82, 2.24) is 0 Å². The Balaban J connectivity index is 3.83. The number of nitrogens with two attached hydrogens (primary N) is 1. The quantitative estimate of drug-likeness (QED) is 0.0272. The first-order valence-electron chi connectivity index (χ1n) is 22.7. The number of esters is 1. The van der Waals surface area contributed by atoms with E-state index < -0.39 is 13.9 Å². The molecule has 53 heavy (non-hydrogen) atoms. The first kappa shape index (κ1) is 52.2. The average molecular weight is 774 g/mol. The van der Waals surface area contributed by atoms with Crippen LogP contribution in [0.15, 0.2) is 12.2 Å². The number of hydrogen-bond donors (Lipinski definition) is 2. The predicted molar refractivity (Wildman–Crippen MR) is 224 cm³/mol. The molecule has 9 heteroatoms. The third-order valence-electron chi connectivity index (χ3n) is 9.93. The van der Waals surface area contributed by atoms with Crippen molar-refractivity contribution in [3.8, 4) is 0 Å². The van der Waals surface area contributed by atoms with E-state index in [0.29, 0.717) is 13.0 Å². The SMILES string of the molecule is CCCCCCCCCC/C=C\CCCCCCCCCCCCCCCC(=O)OC(COCCCCCCCCCCC)COP(=O)(O)OCCN. The number of phosphoric ester groups is 1. The molecule has 0 spiro atoms. The number of allylic oxidation sites excluding steroid dienone is 2. The number of carbonyl (C=O) groups excluding carboxylic acids is 1. The van der Waals surface area contributed by atoms with Gasteiger partial charge in [-0.25, -0.2) is 4.57 Å². The summed E-state index contributed by atoms with van der Waals surface area (Å²) in [6.45, 7) is 4.94. The second-order valence-corrected chi connectivity index (χ2v) is 16.7. The van der Waals surface area contributed by atoms with E-state index in [1.54, 1.807) is 0 Å². The molecule has 0 aliphatic heterocycles. The van der Waals surface area contributed by atoms with E-state index in [1.807, 2.05) is 0 Å². The fraction of sp³-hybridized carbons (Fsp3) is 0.932. The summed E-state index contributed by atoms with van der Waals surface area (Å²) in [7, 11) is -4.27. The van der Waals surface area contributed by atoms with Gasteiger partial charge in [-0.3, -0.25) is 13.8 Å². The van der Waals surface area contributed by atoms with E-state index in [-0.39, 0.29) is 32.3 Å². The van der Waals surface area contributed by atoms with Gasteiger partial charge in [0.05, 0.1) is 19.8 Å². The summed E-state index contributed by atoms with van der Waals surface area (Å²) >= 11 is 0. The Kier molecular flexibility index (Phi) is 41.8. The van der Waals surface area contributed by atoms with E-state index in [2.05, 4.69) is 26.0 Å². The smallest absolute Gasteiger partial charge is 0.457 e. The highest BCUT2D eigenvalue weighted by atomic mass is 31.2. The maximum absolute atomic E-state index is 12.6. The second-order valence-electron chi connectivity index (χ2n) is 15.3. The molecule has 3 N–H and O–H groups in total. The Labute approximate surface area is 328 Å². The van der Waals surface area contributed by atoms with Gasteiger partial charge >= 0.3 is 13.8 Å². The van der Waals surface area contributed by atoms with Crippen molar-refractivity contribution in [2.45, 2.75) is 232 Å². The lowest BCUT2D eigenvalue weighted by atomic mass is 10.0. The van der Waals surface area contributed by atoms with E-state index in [1.165, 1.54) is 173 Å². The molecule has 0 aromatic rings. The van der Waals surface area contributed by atoms with Gasteiger partial charge in [0, 0.05) is 19.6 Å². The minimum atomic E-state index is -4.27. The molecule has 0 fully saturated rings. The second kappa shape index (κ2) is 42.4. The molecule has 0 bridgehead atoms. The first-order valence-corrected chi connectivity index (χ1v) is 24.2. The summed E-state index contributed by atoms with van der Waals surface area (Å²) in [5.74, 6) is -0.327. The normalized spacial score (nSPS) is 13.5. The van der Waals surface area contributed by atoms with Gasteiger partial charge in [-0.15, -0.1) is 0 Å². The zero-order valence-corrected chi connectivity index (χ0v) is 35.9. The molecule has 0 amide bonds. The van der Waals surface area contributed by atoms with Crippen molar-refractivity contribution in [2.75, 3.05) is 33.0 Å². The highest BCUT2D eigenvalue weighted by molar-refractivity contribution is 7.47. The van der Waals surface area contributed by atoms with Crippen molar-refractivity contribution in [2.24, 2.45) is 5.73 Å². The number of ether oxygens (including phenoxy) is 2. The van der Waals surface area contributed by atoms with Crippen LogP contribution in [-0.2, 0) is 27.9 Å². The highest BCUT2D eigenvalue weighted by Crippen LogP contribution is 2.43. The average Bonchev–Trinajstić information content (AvgIpc) is 3.15. The number of hydrogen-bond acceptors (Lipinski definition) is 7. The fourth-order valence-electron chi connectivity index (χ4n) is 6.58. The third kappa shape index (κ3) is 42.2. The van der Waals surface area contributed by atoms with E-state index in [9.17, 15) is 14.3 Å². The Morgan fingerprint density at radius 3 is 1.38 bits per heavy atom. The molecular formula is C44H88NO7P. The Morgan fingerprint density at radius 1 is 0.547 bits per heavy atom. The molecule has 316 valence electrons. The van der Waals surface area contributed by atoms with Crippen LogP contribution in [0.5, 0.6) is 0 Å². The van der Waals surface area contributed by atoms with Gasteiger partial charge in [0.25, 0.3) is 0 Å². The van der Waals surface area contributed by atoms with Crippen LogP contribution >= 0.6 is 7.82 Å². The van der Waals surface area contributed by atoms with Gasteiger partial charge in [-0.1, -0.05) is 193 Å². The standard InChI is InChI=1S/C44H88NO7P/c1-3-5-7-9-11-13-14-15-16-17-18-19-20-21-22-23-24-25-26-27-28-29-31-33-35-37-44(46)52-43(42-51-53(47,48)50-40-38-45)41-49-39-36-34-32-30-12-10-8-6-4-2/h17-18,43H,3-16,19-42,45H2,1-2H3,(H,47,48)/b18-17-. The molecule has 0 saturated heterocycles. The van der Waals surface area contributed by atoms with Crippen LogP contribution in [0.1, 0.15) is 226 Å². The van der Waals surface area contributed by atoms with Crippen molar-refractivity contribution in [3.05, 3.63) is 12.2 Å². The van der Waals surface area contributed by atoms with Crippen molar-refractivity contribution < 1.29 is 32.8 Å². The van der Waals surface area contributed by atoms with Crippen LogP contribution in [0, 0.1) is 0 Å². The third-order valence-corrected chi connectivity index (χ3v) is 10.9. The van der Waals surface area contributed by atoms with Crippen molar-refractivity contribution in [3.63, 3.8) is 0 Å². The topological polar surface area (TPSA) is 117 Å². The molecule has 0 heterocycles. The first-order chi connectivity index (χ1) is 25.9. The molecule has 0 radical (unpaired) electrons. The van der Waals surface area contributed by atoms with E-state index in [4.69, 9.17) is 24.3 Å². The van der Waals surface area contributed by atoms with Gasteiger partial charge in [0.15, 0.2) is 0 Å². The van der Waals surface area contributed by atoms with Crippen LogP contribution in [-0.4, -0.2) is 49.9 Å². The van der Waals surface area contributed by atoms with Gasteiger partial charge in [-0.05, 0) is 38.5 Å². The lowest BCUT2D eigenvalue weighted by Crippen LogP contribution is -2.28. The fourth-order valence-corrected chi connectivity index (χ4v) is 7.35. The van der Waals surface area contributed by atoms with Crippen molar-refractivity contribution >= 4 is 13.8 Å². The lowest BCUT2D eigenvalue weighted by molar-refractivity contribution is -0.154. The largest absolute Gasteiger partial charge is 0.472 e. The molecule has 0 aliphatic rings. The zero-order valence-electron chi connectivity index (χ0n) is 35.0. The minimum Gasteiger partial charge on any atom is -0.457 e. The maximum Gasteiger partial charge on any atom is 0.472 e. The van der Waals surface area contributed by atoms with Crippen LogP contribution in [0.2, 0.25) is 0 Å². The molecule has 8 nitrogen and oxygen atoms in total. The van der Waals surface area contributed by atoms with Gasteiger partial charge in [0.1, 0.15) is 6.10 Å². The molecule has 2 unspecified atom stereocenters. The molecular weight excluding hydrogens is 685 g/mol. The van der Waals surface area contributed by atoms with Crippen molar-refractivity contribution in [1.29, 1.82) is 0 Å². The van der Waals surface area contributed by atoms with Crippen LogP contribution in [0.25, 0.3) is 0 Å². The lowest BCUT2D eigenvalue weighted by Gasteiger charge is -2.20. The summed E-state index contributed by atoms with van der Waals surface area (Å²) in [5.41, 5.74) is 5.36. The van der Waals surface area contributed by atoms with E-state index >= 15 is 0 Å². The van der Waals surface area contributed by atoms with Crippen LogP contribution < -0.4 is 5.73 Å². The number of rotatable bonds is 44. The molecule has 0 aliphatic carbocycles.